The Morgan fingerprint density at radius 1 is 1.30 bits per heavy atom. The first-order chi connectivity index (χ1) is 12.6. The fraction of sp³-hybridized carbons (Fsp3) is 0.444. The van der Waals surface area contributed by atoms with Crippen LogP contribution in [0.5, 0.6) is 0 Å². The second-order valence-electron chi connectivity index (χ2n) is 7.54. The lowest BCUT2D eigenvalue weighted by Gasteiger charge is -2.23. The summed E-state index contributed by atoms with van der Waals surface area (Å²) in [7, 11) is -3.79. The molecule has 0 radical (unpaired) electrons. The minimum atomic E-state index is -3.79. The van der Waals surface area contributed by atoms with Gasteiger partial charge in [0.2, 0.25) is 15.9 Å². The zero-order valence-corrected chi connectivity index (χ0v) is 17.0. The van der Waals surface area contributed by atoms with Crippen LogP contribution in [0.2, 0.25) is 5.02 Å². The van der Waals surface area contributed by atoms with Gasteiger partial charge in [0.25, 0.3) is 0 Å². The minimum Gasteiger partial charge on any atom is -0.359 e. The van der Waals surface area contributed by atoms with E-state index in [-0.39, 0.29) is 22.7 Å². The highest BCUT2D eigenvalue weighted by molar-refractivity contribution is 7.89. The van der Waals surface area contributed by atoms with Crippen LogP contribution in [0.3, 0.4) is 0 Å². The number of sulfonamides is 1. The molecule has 1 amide bonds. The van der Waals surface area contributed by atoms with E-state index in [1.807, 2.05) is 20.8 Å². The van der Waals surface area contributed by atoms with Crippen molar-refractivity contribution in [3.8, 4) is 0 Å². The van der Waals surface area contributed by atoms with Gasteiger partial charge in [-0.15, -0.1) is 0 Å². The van der Waals surface area contributed by atoms with E-state index >= 15 is 0 Å². The van der Waals surface area contributed by atoms with E-state index in [2.05, 4.69) is 10.5 Å². The monoisotopic (exact) mass is 411 g/mol. The summed E-state index contributed by atoms with van der Waals surface area (Å²) in [5.41, 5.74) is -0.243. The Morgan fingerprint density at radius 2 is 1.96 bits per heavy atom. The van der Waals surface area contributed by atoms with E-state index in [1.165, 1.54) is 28.6 Å². The van der Waals surface area contributed by atoms with Crippen molar-refractivity contribution in [2.24, 2.45) is 0 Å². The Kier molecular flexibility index (Phi) is 5.33. The molecule has 1 unspecified atom stereocenters. The van der Waals surface area contributed by atoms with Gasteiger partial charge in [-0.05, 0) is 37.1 Å². The molecule has 1 aromatic heterocycles. The summed E-state index contributed by atoms with van der Waals surface area (Å²) in [5.74, 6) is 0.495. The molecule has 0 bridgehead atoms. The third kappa shape index (κ3) is 4.17. The number of rotatable bonds is 4. The summed E-state index contributed by atoms with van der Waals surface area (Å²) in [6.45, 7) is 6.19. The van der Waals surface area contributed by atoms with Crippen molar-refractivity contribution in [1.29, 1.82) is 0 Å². The molecule has 1 atom stereocenters. The molecule has 2 heterocycles. The van der Waals surface area contributed by atoms with Gasteiger partial charge in [-0.3, -0.25) is 4.79 Å². The zero-order chi connectivity index (χ0) is 19.8. The number of aromatic nitrogens is 1. The molecule has 1 aliphatic rings. The number of hydrogen-bond acceptors (Lipinski definition) is 5. The molecule has 0 saturated carbocycles. The van der Waals surface area contributed by atoms with Crippen molar-refractivity contribution in [3.05, 3.63) is 41.1 Å². The van der Waals surface area contributed by atoms with Gasteiger partial charge in [-0.1, -0.05) is 37.5 Å². The van der Waals surface area contributed by atoms with Gasteiger partial charge in [0.05, 0.1) is 4.90 Å². The molecule has 1 N–H and O–H groups in total. The number of halogens is 1. The number of carbonyl (C=O) groups excluding carboxylic acids is 1. The summed E-state index contributed by atoms with van der Waals surface area (Å²) in [4.78, 5) is 12.8. The highest BCUT2D eigenvalue weighted by Gasteiger charge is 2.39. The zero-order valence-electron chi connectivity index (χ0n) is 15.4. The fourth-order valence-corrected chi connectivity index (χ4v) is 4.71. The summed E-state index contributed by atoms with van der Waals surface area (Å²) < 4.78 is 32.3. The van der Waals surface area contributed by atoms with E-state index in [1.54, 1.807) is 6.07 Å². The maximum Gasteiger partial charge on any atom is 0.244 e. The molecule has 0 aliphatic carbocycles. The van der Waals surface area contributed by atoms with Gasteiger partial charge in [0.1, 0.15) is 11.8 Å². The third-order valence-corrected chi connectivity index (χ3v) is 6.60. The van der Waals surface area contributed by atoms with E-state index in [0.717, 1.165) is 0 Å². The van der Waals surface area contributed by atoms with Gasteiger partial charge in [-0.25, -0.2) is 8.42 Å². The molecule has 3 rings (SSSR count). The lowest BCUT2D eigenvalue weighted by atomic mass is 9.93. The van der Waals surface area contributed by atoms with Crippen LogP contribution in [0.4, 0.5) is 5.82 Å². The molecule has 1 aromatic carbocycles. The van der Waals surface area contributed by atoms with Crippen molar-refractivity contribution in [1.82, 2.24) is 9.46 Å². The number of benzene rings is 1. The van der Waals surface area contributed by atoms with Crippen molar-refractivity contribution in [2.75, 3.05) is 11.9 Å². The lowest BCUT2D eigenvalue weighted by molar-refractivity contribution is -0.119. The number of nitrogens with one attached hydrogen (secondary N) is 1. The number of hydrogen-bond donors (Lipinski definition) is 1. The molecule has 1 aliphatic heterocycles. The summed E-state index contributed by atoms with van der Waals surface area (Å²) in [5, 5.41) is 6.98. The van der Waals surface area contributed by atoms with Crippen LogP contribution in [-0.4, -0.2) is 36.4 Å². The Morgan fingerprint density at radius 3 is 2.56 bits per heavy atom. The second-order valence-corrected chi connectivity index (χ2v) is 9.87. The van der Waals surface area contributed by atoms with Crippen LogP contribution in [0, 0.1) is 0 Å². The van der Waals surface area contributed by atoms with E-state index in [4.69, 9.17) is 16.1 Å². The van der Waals surface area contributed by atoms with Crippen LogP contribution in [0.25, 0.3) is 0 Å². The van der Waals surface area contributed by atoms with Gasteiger partial charge in [0, 0.05) is 23.0 Å². The lowest BCUT2D eigenvalue weighted by Crippen LogP contribution is -2.43. The normalized spacial score (nSPS) is 18.6. The smallest absolute Gasteiger partial charge is 0.244 e. The second kappa shape index (κ2) is 7.26. The first kappa shape index (κ1) is 19.9. The average Bonchev–Trinajstić information content (AvgIpc) is 3.24. The van der Waals surface area contributed by atoms with Crippen LogP contribution >= 0.6 is 11.6 Å². The Bertz CT molecular complexity index is 932. The molecule has 1 fully saturated rings. The first-order valence-electron chi connectivity index (χ1n) is 8.64. The minimum absolute atomic E-state index is 0.114. The van der Waals surface area contributed by atoms with Gasteiger partial charge in [-0.2, -0.15) is 4.31 Å². The number of amides is 1. The van der Waals surface area contributed by atoms with Crippen molar-refractivity contribution in [3.63, 3.8) is 0 Å². The topological polar surface area (TPSA) is 92.5 Å². The van der Waals surface area contributed by atoms with Crippen molar-refractivity contribution >= 4 is 33.3 Å². The average molecular weight is 412 g/mol. The predicted molar refractivity (Wildman–Crippen MR) is 102 cm³/mol. The number of anilines is 1. The molecule has 2 aromatic rings. The van der Waals surface area contributed by atoms with Gasteiger partial charge in [0.15, 0.2) is 5.82 Å². The van der Waals surface area contributed by atoms with Crippen LogP contribution in [-0.2, 0) is 20.2 Å². The largest absolute Gasteiger partial charge is 0.359 e. The van der Waals surface area contributed by atoms with Gasteiger partial charge >= 0.3 is 0 Å². The molecule has 9 heteroatoms. The van der Waals surface area contributed by atoms with Crippen LogP contribution in [0.1, 0.15) is 39.4 Å². The SMILES string of the molecule is CC(C)(C)c1cc(NC(=O)C2CCCN2S(=O)(=O)c2ccc(Cl)cc2)no1. The quantitative estimate of drug-likeness (QED) is 0.832. The van der Waals surface area contributed by atoms with Crippen LogP contribution in [0.15, 0.2) is 39.8 Å². The van der Waals surface area contributed by atoms with Gasteiger partial charge < -0.3 is 9.84 Å². The van der Waals surface area contributed by atoms with Crippen molar-refractivity contribution < 1.29 is 17.7 Å². The van der Waals surface area contributed by atoms with Crippen molar-refractivity contribution in [2.45, 2.75) is 50.0 Å². The molecule has 0 spiro atoms. The Balaban J connectivity index is 1.78. The highest BCUT2D eigenvalue weighted by atomic mass is 35.5. The fourth-order valence-electron chi connectivity index (χ4n) is 2.93. The first-order valence-corrected chi connectivity index (χ1v) is 10.5. The Labute approximate surface area is 163 Å². The standard InChI is InChI=1S/C18H22ClN3O4S/c1-18(2,3)15-11-16(21-26-15)20-17(23)14-5-4-10-22(14)27(24,25)13-8-6-12(19)7-9-13/h6-9,11,14H,4-5,10H2,1-3H3,(H,20,21,23). The maximum atomic E-state index is 12.9. The molecule has 146 valence electrons. The third-order valence-electron chi connectivity index (χ3n) is 4.43. The molecule has 1 saturated heterocycles. The predicted octanol–water partition coefficient (Wildman–Crippen LogP) is 3.42. The Hall–Kier alpha value is -1.90. The number of carbonyl (C=O) groups is 1. The molecule has 27 heavy (non-hydrogen) atoms. The molecular weight excluding hydrogens is 390 g/mol. The van der Waals surface area contributed by atoms with E-state index < -0.39 is 22.0 Å². The summed E-state index contributed by atoms with van der Waals surface area (Å²) in [6.07, 6.45) is 1.06. The molecule has 7 nitrogen and oxygen atoms in total. The summed E-state index contributed by atoms with van der Waals surface area (Å²) >= 11 is 5.84. The van der Waals surface area contributed by atoms with Crippen LogP contribution < -0.4 is 5.32 Å². The van der Waals surface area contributed by atoms with E-state index in [9.17, 15) is 13.2 Å². The molecular formula is C18H22ClN3O4S. The maximum absolute atomic E-state index is 12.9. The summed E-state index contributed by atoms with van der Waals surface area (Å²) in [6, 6.07) is 6.79. The highest BCUT2D eigenvalue weighted by Crippen LogP contribution is 2.28. The van der Waals surface area contributed by atoms with E-state index in [0.29, 0.717) is 23.6 Å². The number of nitrogens with zero attached hydrogens (tertiary/aromatic N) is 2.